The van der Waals surface area contributed by atoms with Gasteiger partial charge in [0.2, 0.25) is 5.91 Å². The number of primary amides is 1. The molecule has 2 amide bonds. The number of esters is 1. The molecule has 1 aromatic carbocycles. The fraction of sp³-hybridized carbons (Fsp3) is 0.571. The third-order valence-corrected chi connectivity index (χ3v) is 5.10. The second-order valence-corrected chi connectivity index (χ2v) is 7.30. The molecule has 1 aromatic rings. The molecule has 0 aromatic heterocycles. The highest BCUT2D eigenvalue weighted by Gasteiger charge is 2.19. The lowest BCUT2D eigenvalue weighted by molar-refractivity contribution is -0.148. The number of nitrogens with zero attached hydrogens (tertiary/aromatic N) is 1. The van der Waals surface area contributed by atoms with Crippen LogP contribution in [0.2, 0.25) is 0 Å². The van der Waals surface area contributed by atoms with Gasteiger partial charge in [-0.05, 0) is 43.0 Å². The van der Waals surface area contributed by atoms with Crippen molar-refractivity contribution in [2.24, 2.45) is 11.7 Å². The first-order valence-corrected chi connectivity index (χ1v) is 9.95. The highest BCUT2D eigenvalue weighted by molar-refractivity contribution is 5.95. The quantitative estimate of drug-likeness (QED) is 0.619. The summed E-state index contributed by atoms with van der Waals surface area (Å²) in [4.78, 5) is 36.8. The molecule has 1 saturated carbocycles. The van der Waals surface area contributed by atoms with E-state index in [-0.39, 0.29) is 13.0 Å². The van der Waals surface area contributed by atoms with Crippen LogP contribution < -0.4 is 10.6 Å². The predicted molar refractivity (Wildman–Crippen MR) is 104 cm³/mol. The van der Waals surface area contributed by atoms with E-state index in [9.17, 15) is 18.8 Å². The number of nitrogens with two attached hydrogens (primary N) is 1. The molecule has 6 nitrogen and oxygen atoms in total. The van der Waals surface area contributed by atoms with E-state index in [2.05, 4.69) is 0 Å². The molecule has 0 bridgehead atoms. The van der Waals surface area contributed by atoms with Gasteiger partial charge in [-0.2, -0.15) is 0 Å². The zero-order valence-corrected chi connectivity index (χ0v) is 16.2. The molecule has 154 valence electrons. The maximum atomic E-state index is 13.1. The lowest BCUT2D eigenvalue weighted by Crippen LogP contribution is -2.37. The highest BCUT2D eigenvalue weighted by atomic mass is 19.1. The standard InChI is InChI=1S/C21H29FN2O4/c22-17-9-11-18(12-10-17)24(14-13-19(23)25)20(26)15-28-21(27)8-4-7-16-5-2-1-3-6-16/h9-12,16H,1-8,13-15H2,(H2,23,25). The van der Waals surface area contributed by atoms with Gasteiger partial charge in [-0.25, -0.2) is 4.39 Å². The van der Waals surface area contributed by atoms with Crippen LogP contribution in [0.15, 0.2) is 24.3 Å². The molecule has 2 rings (SSSR count). The molecule has 0 radical (unpaired) electrons. The van der Waals surface area contributed by atoms with E-state index in [4.69, 9.17) is 10.5 Å². The van der Waals surface area contributed by atoms with E-state index >= 15 is 0 Å². The third kappa shape index (κ3) is 7.66. The van der Waals surface area contributed by atoms with Crippen molar-refractivity contribution in [2.75, 3.05) is 18.1 Å². The number of carbonyl (C=O) groups excluding carboxylic acids is 3. The maximum absolute atomic E-state index is 13.1. The lowest BCUT2D eigenvalue weighted by atomic mass is 9.86. The predicted octanol–water partition coefficient (Wildman–Crippen LogP) is 3.33. The first-order chi connectivity index (χ1) is 13.5. The lowest BCUT2D eigenvalue weighted by Gasteiger charge is -2.22. The SMILES string of the molecule is NC(=O)CCN(C(=O)COC(=O)CCCC1CCCCC1)c1ccc(F)cc1. The number of hydrogen-bond acceptors (Lipinski definition) is 4. The highest BCUT2D eigenvalue weighted by Crippen LogP contribution is 2.27. The molecular formula is C21H29FN2O4. The molecule has 0 spiro atoms. The van der Waals surface area contributed by atoms with Crippen LogP contribution in [0.3, 0.4) is 0 Å². The Balaban J connectivity index is 1.79. The van der Waals surface area contributed by atoms with Crippen molar-refractivity contribution in [1.82, 2.24) is 0 Å². The summed E-state index contributed by atoms with van der Waals surface area (Å²) in [6.07, 6.45) is 8.35. The fourth-order valence-corrected chi connectivity index (χ4v) is 3.54. The molecule has 0 saturated heterocycles. The number of carbonyl (C=O) groups is 3. The summed E-state index contributed by atoms with van der Waals surface area (Å²) in [5.41, 5.74) is 5.58. The van der Waals surface area contributed by atoms with E-state index in [1.54, 1.807) is 0 Å². The number of amides is 2. The average molecular weight is 392 g/mol. The fourth-order valence-electron chi connectivity index (χ4n) is 3.54. The third-order valence-electron chi connectivity index (χ3n) is 5.10. The van der Waals surface area contributed by atoms with Crippen molar-refractivity contribution >= 4 is 23.5 Å². The molecule has 0 heterocycles. The van der Waals surface area contributed by atoms with Gasteiger partial charge in [-0.1, -0.05) is 32.1 Å². The molecule has 0 atom stereocenters. The van der Waals surface area contributed by atoms with Crippen LogP contribution in [-0.4, -0.2) is 30.9 Å². The Morgan fingerprint density at radius 2 is 1.75 bits per heavy atom. The summed E-state index contributed by atoms with van der Waals surface area (Å²) in [6, 6.07) is 5.30. The van der Waals surface area contributed by atoms with Gasteiger partial charge in [-0.15, -0.1) is 0 Å². The summed E-state index contributed by atoms with van der Waals surface area (Å²) in [5.74, 6) is -1.17. The van der Waals surface area contributed by atoms with E-state index in [1.165, 1.54) is 61.3 Å². The molecule has 1 fully saturated rings. The summed E-state index contributed by atoms with van der Waals surface area (Å²) in [7, 11) is 0. The van der Waals surface area contributed by atoms with Gasteiger partial charge >= 0.3 is 5.97 Å². The van der Waals surface area contributed by atoms with Crippen molar-refractivity contribution in [2.45, 2.75) is 57.8 Å². The van der Waals surface area contributed by atoms with Gasteiger partial charge in [0, 0.05) is 25.1 Å². The second kappa shape index (κ2) is 11.4. The Morgan fingerprint density at radius 3 is 2.39 bits per heavy atom. The second-order valence-electron chi connectivity index (χ2n) is 7.30. The minimum atomic E-state index is -0.556. The van der Waals surface area contributed by atoms with Crippen molar-refractivity contribution in [3.63, 3.8) is 0 Å². The van der Waals surface area contributed by atoms with Crippen molar-refractivity contribution in [3.8, 4) is 0 Å². The minimum Gasteiger partial charge on any atom is -0.456 e. The Labute approximate surface area is 165 Å². The Morgan fingerprint density at radius 1 is 1.07 bits per heavy atom. The van der Waals surface area contributed by atoms with Crippen LogP contribution in [0.25, 0.3) is 0 Å². The number of rotatable bonds is 10. The number of anilines is 1. The molecule has 1 aliphatic carbocycles. The zero-order chi connectivity index (χ0) is 20.4. The zero-order valence-electron chi connectivity index (χ0n) is 16.2. The van der Waals surface area contributed by atoms with Gasteiger partial charge in [-0.3, -0.25) is 14.4 Å². The first-order valence-electron chi connectivity index (χ1n) is 9.95. The summed E-state index contributed by atoms with van der Waals surface area (Å²) in [5, 5.41) is 0. The number of halogens is 1. The van der Waals surface area contributed by atoms with Crippen LogP contribution in [0.1, 0.15) is 57.8 Å². The largest absolute Gasteiger partial charge is 0.456 e. The molecule has 28 heavy (non-hydrogen) atoms. The minimum absolute atomic E-state index is 0.0407. The molecule has 0 unspecified atom stereocenters. The van der Waals surface area contributed by atoms with Crippen LogP contribution >= 0.6 is 0 Å². The number of hydrogen-bond donors (Lipinski definition) is 1. The van der Waals surface area contributed by atoms with Crippen LogP contribution in [0.5, 0.6) is 0 Å². The van der Waals surface area contributed by atoms with Crippen molar-refractivity contribution < 1.29 is 23.5 Å². The maximum Gasteiger partial charge on any atom is 0.306 e. The Kier molecular flexibility index (Phi) is 8.91. The summed E-state index contributed by atoms with van der Waals surface area (Å²) in [6.45, 7) is -0.378. The van der Waals surface area contributed by atoms with E-state index < -0.39 is 30.2 Å². The topological polar surface area (TPSA) is 89.7 Å². The molecule has 2 N–H and O–H groups in total. The average Bonchev–Trinajstić information content (AvgIpc) is 2.68. The van der Waals surface area contributed by atoms with Crippen molar-refractivity contribution in [1.29, 1.82) is 0 Å². The summed E-state index contributed by atoms with van der Waals surface area (Å²) >= 11 is 0. The number of ether oxygens (including phenoxy) is 1. The monoisotopic (exact) mass is 392 g/mol. The Bertz CT molecular complexity index is 657. The van der Waals surface area contributed by atoms with Gasteiger partial charge in [0.05, 0.1) is 0 Å². The van der Waals surface area contributed by atoms with Crippen LogP contribution in [-0.2, 0) is 19.1 Å². The van der Waals surface area contributed by atoms with E-state index in [1.807, 2.05) is 0 Å². The summed E-state index contributed by atoms with van der Waals surface area (Å²) < 4.78 is 18.2. The van der Waals surface area contributed by atoms with Gasteiger partial charge in [0.25, 0.3) is 5.91 Å². The number of benzene rings is 1. The van der Waals surface area contributed by atoms with Crippen LogP contribution in [0.4, 0.5) is 10.1 Å². The molecule has 7 heteroatoms. The smallest absolute Gasteiger partial charge is 0.306 e. The van der Waals surface area contributed by atoms with Gasteiger partial charge < -0.3 is 15.4 Å². The normalized spacial score (nSPS) is 14.5. The molecule has 0 aliphatic heterocycles. The van der Waals surface area contributed by atoms with Gasteiger partial charge in [0.15, 0.2) is 6.61 Å². The Hall–Kier alpha value is -2.44. The molecule has 1 aliphatic rings. The van der Waals surface area contributed by atoms with Crippen LogP contribution in [0, 0.1) is 11.7 Å². The van der Waals surface area contributed by atoms with E-state index in [0.717, 1.165) is 12.8 Å². The van der Waals surface area contributed by atoms with Crippen molar-refractivity contribution in [3.05, 3.63) is 30.1 Å². The van der Waals surface area contributed by atoms with E-state index in [0.29, 0.717) is 18.0 Å². The molecular weight excluding hydrogens is 363 g/mol. The van der Waals surface area contributed by atoms with Gasteiger partial charge in [0.1, 0.15) is 5.82 Å². The first kappa shape index (κ1) is 21.9.